The highest BCUT2D eigenvalue weighted by molar-refractivity contribution is 7.13. The Labute approximate surface area is 214 Å². The van der Waals surface area contributed by atoms with E-state index in [0.717, 1.165) is 5.56 Å². The number of rotatable bonds is 9. The zero-order valence-corrected chi connectivity index (χ0v) is 21.8. The number of ether oxygens (including phenoxy) is 3. The SMILES string of the molecule is COc1ccc(CN(C(=O)CNC(=O)OC(C)(C)C)c2ccsc2C(=O)c2ccc(OC)cc2)cc1. The van der Waals surface area contributed by atoms with Gasteiger partial charge >= 0.3 is 6.09 Å². The largest absolute Gasteiger partial charge is 0.497 e. The standard InChI is InChI=1S/C27H30N2O6S/c1-27(2,3)35-26(32)28-16-23(30)29(17-18-6-10-20(33-4)11-7-18)22-14-15-36-25(22)24(31)19-8-12-21(34-5)13-9-19/h6-15H,16-17H2,1-5H3,(H,28,32). The molecule has 1 N–H and O–H groups in total. The fourth-order valence-electron chi connectivity index (χ4n) is 3.34. The van der Waals surface area contributed by atoms with Gasteiger partial charge in [0.2, 0.25) is 11.7 Å². The highest BCUT2D eigenvalue weighted by Crippen LogP contribution is 2.31. The van der Waals surface area contributed by atoms with Crippen molar-refractivity contribution in [2.45, 2.75) is 32.9 Å². The predicted octanol–water partition coefficient (Wildman–Crippen LogP) is 5.05. The van der Waals surface area contributed by atoms with Crippen LogP contribution in [0, 0.1) is 0 Å². The summed E-state index contributed by atoms with van der Waals surface area (Å²) < 4.78 is 15.6. The van der Waals surface area contributed by atoms with Crippen LogP contribution in [0.1, 0.15) is 41.6 Å². The van der Waals surface area contributed by atoms with Crippen LogP contribution in [0.2, 0.25) is 0 Å². The third-order valence-electron chi connectivity index (χ3n) is 5.08. The van der Waals surface area contributed by atoms with E-state index in [4.69, 9.17) is 14.2 Å². The maximum atomic E-state index is 13.3. The molecule has 0 aliphatic heterocycles. The minimum atomic E-state index is -0.694. The Morgan fingerprint density at radius 1 is 0.889 bits per heavy atom. The molecule has 2 aromatic carbocycles. The molecule has 0 aliphatic rings. The summed E-state index contributed by atoms with van der Waals surface area (Å²) in [6.07, 6.45) is -0.694. The van der Waals surface area contributed by atoms with E-state index in [1.165, 1.54) is 16.2 Å². The number of amides is 2. The van der Waals surface area contributed by atoms with Gasteiger partial charge in [-0.15, -0.1) is 11.3 Å². The van der Waals surface area contributed by atoms with Crippen LogP contribution in [-0.4, -0.2) is 44.1 Å². The minimum absolute atomic E-state index is 0.193. The van der Waals surface area contributed by atoms with Gasteiger partial charge in [-0.1, -0.05) is 12.1 Å². The Hall–Kier alpha value is -3.85. The molecule has 36 heavy (non-hydrogen) atoms. The fourth-order valence-corrected chi connectivity index (χ4v) is 4.19. The first kappa shape index (κ1) is 26.7. The molecule has 0 radical (unpaired) electrons. The topological polar surface area (TPSA) is 94.2 Å². The summed E-state index contributed by atoms with van der Waals surface area (Å²) in [5.74, 6) is 0.728. The van der Waals surface area contributed by atoms with Crippen molar-refractivity contribution in [2.24, 2.45) is 0 Å². The molecule has 0 unspecified atom stereocenters. The fraction of sp³-hybridized carbons (Fsp3) is 0.296. The van der Waals surface area contributed by atoms with Crippen molar-refractivity contribution in [3.63, 3.8) is 0 Å². The Kier molecular flexibility index (Phi) is 8.71. The number of thiophene rings is 1. The van der Waals surface area contributed by atoms with Crippen molar-refractivity contribution in [2.75, 3.05) is 25.7 Å². The summed E-state index contributed by atoms with van der Waals surface area (Å²) in [5, 5.41) is 4.28. The maximum absolute atomic E-state index is 13.3. The number of carbonyl (C=O) groups excluding carboxylic acids is 3. The van der Waals surface area contributed by atoms with E-state index < -0.39 is 11.7 Å². The van der Waals surface area contributed by atoms with Gasteiger partial charge in [0.15, 0.2) is 0 Å². The van der Waals surface area contributed by atoms with Crippen LogP contribution in [0.4, 0.5) is 10.5 Å². The number of ketones is 1. The number of nitrogens with zero attached hydrogens (tertiary/aromatic N) is 1. The van der Waals surface area contributed by atoms with Crippen molar-refractivity contribution in [1.29, 1.82) is 0 Å². The number of hydrogen-bond donors (Lipinski definition) is 1. The predicted molar refractivity (Wildman–Crippen MR) is 139 cm³/mol. The summed E-state index contributed by atoms with van der Waals surface area (Å²) in [4.78, 5) is 40.7. The van der Waals surface area contributed by atoms with Gasteiger partial charge in [-0.05, 0) is 74.2 Å². The lowest BCUT2D eigenvalue weighted by Gasteiger charge is -2.24. The van der Waals surface area contributed by atoms with E-state index in [0.29, 0.717) is 27.6 Å². The Bertz CT molecular complexity index is 1200. The molecule has 3 rings (SSSR count). The molecule has 3 aromatic rings. The monoisotopic (exact) mass is 510 g/mol. The third-order valence-corrected chi connectivity index (χ3v) is 5.98. The van der Waals surface area contributed by atoms with Crippen LogP contribution in [0.5, 0.6) is 11.5 Å². The van der Waals surface area contributed by atoms with Gasteiger partial charge in [-0.2, -0.15) is 0 Å². The zero-order chi connectivity index (χ0) is 26.3. The van der Waals surface area contributed by atoms with Crippen LogP contribution in [-0.2, 0) is 16.1 Å². The van der Waals surface area contributed by atoms with E-state index in [2.05, 4.69) is 5.32 Å². The van der Waals surface area contributed by atoms with Gasteiger partial charge in [0.25, 0.3) is 0 Å². The van der Waals surface area contributed by atoms with Gasteiger partial charge < -0.3 is 24.4 Å². The van der Waals surface area contributed by atoms with Crippen LogP contribution in [0.25, 0.3) is 0 Å². The summed E-state index contributed by atoms with van der Waals surface area (Å²) in [6.45, 7) is 5.13. The molecule has 0 fully saturated rings. The van der Waals surface area contributed by atoms with Crippen molar-refractivity contribution in [1.82, 2.24) is 5.32 Å². The smallest absolute Gasteiger partial charge is 0.408 e. The van der Waals surface area contributed by atoms with E-state index in [9.17, 15) is 14.4 Å². The molecule has 0 saturated carbocycles. The quantitative estimate of drug-likeness (QED) is 0.405. The number of methoxy groups -OCH3 is 2. The molecule has 0 saturated heterocycles. The molecule has 8 nitrogen and oxygen atoms in total. The number of carbonyl (C=O) groups is 3. The highest BCUT2D eigenvalue weighted by Gasteiger charge is 2.25. The lowest BCUT2D eigenvalue weighted by Crippen LogP contribution is -2.42. The summed E-state index contributed by atoms with van der Waals surface area (Å²) >= 11 is 1.25. The number of alkyl carbamates (subject to hydrolysis) is 1. The third kappa shape index (κ3) is 7.08. The summed E-state index contributed by atoms with van der Waals surface area (Å²) in [6, 6.07) is 15.8. The Morgan fingerprint density at radius 3 is 2.03 bits per heavy atom. The second-order valence-electron chi connectivity index (χ2n) is 8.88. The first-order valence-corrected chi connectivity index (χ1v) is 12.2. The molecular weight excluding hydrogens is 480 g/mol. The van der Waals surface area contributed by atoms with Gasteiger partial charge in [0.1, 0.15) is 23.6 Å². The van der Waals surface area contributed by atoms with Crippen molar-refractivity contribution in [3.8, 4) is 11.5 Å². The molecule has 1 heterocycles. The van der Waals surface area contributed by atoms with Crippen molar-refractivity contribution in [3.05, 3.63) is 76.0 Å². The van der Waals surface area contributed by atoms with Gasteiger partial charge in [0, 0.05) is 5.56 Å². The van der Waals surface area contributed by atoms with Crippen LogP contribution < -0.4 is 19.7 Å². The first-order chi connectivity index (χ1) is 17.1. The summed E-state index contributed by atoms with van der Waals surface area (Å²) in [7, 11) is 3.14. The van der Waals surface area contributed by atoms with E-state index >= 15 is 0 Å². The highest BCUT2D eigenvalue weighted by atomic mass is 32.1. The van der Waals surface area contributed by atoms with Crippen LogP contribution in [0.3, 0.4) is 0 Å². The maximum Gasteiger partial charge on any atom is 0.408 e. The molecule has 0 spiro atoms. The normalized spacial score (nSPS) is 10.9. The van der Waals surface area contributed by atoms with Gasteiger partial charge in [-0.25, -0.2) is 4.79 Å². The van der Waals surface area contributed by atoms with Gasteiger partial charge in [0.05, 0.1) is 31.3 Å². The number of nitrogens with one attached hydrogen (secondary N) is 1. The molecule has 9 heteroatoms. The van der Waals surface area contributed by atoms with Crippen LogP contribution >= 0.6 is 11.3 Å². The molecule has 190 valence electrons. The minimum Gasteiger partial charge on any atom is -0.497 e. The zero-order valence-electron chi connectivity index (χ0n) is 21.0. The molecule has 0 atom stereocenters. The second-order valence-corrected chi connectivity index (χ2v) is 9.79. The van der Waals surface area contributed by atoms with Crippen molar-refractivity contribution >= 4 is 34.8 Å². The van der Waals surface area contributed by atoms with E-state index in [1.54, 1.807) is 82.8 Å². The Morgan fingerprint density at radius 2 is 1.47 bits per heavy atom. The average Bonchev–Trinajstić information content (AvgIpc) is 3.34. The van der Waals surface area contributed by atoms with Gasteiger partial charge in [-0.3, -0.25) is 9.59 Å². The van der Waals surface area contributed by atoms with Crippen molar-refractivity contribution < 1.29 is 28.6 Å². The Balaban J connectivity index is 1.88. The molecule has 0 bridgehead atoms. The lowest BCUT2D eigenvalue weighted by molar-refractivity contribution is -0.118. The number of hydrogen-bond acceptors (Lipinski definition) is 7. The second kappa shape index (κ2) is 11.7. The molecule has 0 aliphatic carbocycles. The number of anilines is 1. The number of benzene rings is 2. The van der Waals surface area contributed by atoms with E-state index in [1.807, 2.05) is 12.1 Å². The summed E-state index contributed by atoms with van der Waals surface area (Å²) in [5.41, 5.74) is 1.08. The first-order valence-electron chi connectivity index (χ1n) is 11.3. The average molecular weight is 511 g/mol. The lowest BCUT2D eigenvalue weighted by atomic mass is 10.1. The molecule has 2 amide bonds. The molecular formula is C27H30N2O6S. The van der Waals surface area contributed by atoms with E-state index in [-0.39, 0.29) is 24.8 Å². The van der Waals surface area contributed by atoms with Crippen LogP contribution in [0.15, 0.2) is 60.0 Å². The molecule has 1 aromatic heterocycles.